The first-order chi connectivity index (χ1) is 17.3. The van der Waals surface area contributed by atoms with Crippen LogP contribution in [0.4, 0.5) is 5.82 Å². The maximum atomic E-state index is 6.67. The van der Waals surface area contributed by atoms with Crippen molar-refractivity contribution in [2.24, 2.45) is 0 Å². The second-order valence-electron chi connectivity index (χ2n) is 9.48. The van der Waals surface area contributed by atoms with Crippen LogP contribution in [-0.4, -0.2) is 61.1 Å². The van der Waals surface area contributed by atoms with Gasteiger partial charge in [0, 0.05) is 18.2 Å². The minimum absolute atomic E-state index is 0.145. The molecule has 3 aromatic rings. The number of anilines is 1. The number of benzene rings is 1. The summed E-state index contributed by atoms with van der Waals surface area (Å²) in [6.07, 6.45) is 2.98. The van der Waals surface area contributed by atoms with Gasteiger partial charge >= 0.3 is 0 Å². The molecule has 0 bridgehead atoms. The van der Waals surface area contributed by atoms with E-state index in [0.717, 1.165) is 84.3 Å². The fourth-order valence-electron chi connectivity index (χ4n) is 4.85. The van der Waals surface area contributed by atoms with Gasteiger partial charge in [0.2, 0.25) is 0 Å². The molecule has 8 nitrogen and oxygen atoms in total. The van der Waals surface area contributed by atoms with Gasteiger partial charge in [0.05, 0.1) is 41.7 Å². The standard InChI is InChI=1S/C27H36ClN5O3/c1-7-11-27(34-6)15-33(16-27)26-17(2)24(23-18(3)32-36-19(23)4)30-25(31-26)21-14-20(9-10-22(21)28)35-13-8-12-29-5/h9-10,14,29H,7-8,11-13,15-16H2,1-6H3. The second kappa shape index (κ2) is 11.2. The predicted molar refractivity (Wildman–Crippen MR) is 143 cm³/mol. The van der Waals surface area contributed by atoms with Crippen LogP contribution in [0.5, 0.6) is 5.75 Å². The fourth-order valence-corrected chi connectivity index (χ4v) is 5.05. The number of ether oxygens (including phenoxy) is 2. The van der Waals surface area contributed by atoms with Crippen LogP contribution in [0.2, 0.25) is 5.02 Å². The lowest BCUT2D eigenvalue weighted by atomic mass is 9.88. The smallest absolute Gasteiger partial charge is 0.163 e. The number of aryl methyl sites for hydroxylation is 2. The van der Waals surface area contributed by atoms with Crippen LogP contribution in [0.15, 0.2) is 22.7 Å². The maximum Gasteiger partial charge on any atom is 0.163 e. The molecule has 1 aliphatic rings. The van der Waals surface area contributed by atoms with Crippen molar-refractivity contribution >= 4 is 17.4 Å². The van der Waals surface area contributed by atoms with Crippen LogP contribution in [-0.2, 0) is 4.74 Å². The van der Waals surface area contributed by atoms with Gasteiger partial charge in [0.15, 0.2) is 5.82 Å². The molecule has 3 heterocycles. The second-order valence-corrected chi connectivity index (χ2v) is 9.89. The maximum absolute atomic E-state index is 6.67. The average Bonchev–Trinajstić information content (AvgIpc) is 3.18. The summed E-state index contributed by atoms with van der Waals surface area (Å²) >= 11 is 6.67. The van der Waals surface area contributed by atoms with Gasteiger partial charge in [0.25, 0.3) is 0 Å². The Morgan fingerprint density at radius 1 is 1.19 bits per heavy atom. The molecule has 0 atom stereocenters. The van der Waals surface area contributed by atoms with Crippen molar-refractivity contribution in [1.29, 1.82) is 0 Å². The number of methoxy groups -OCH3 is 1. The Hall–Kier alpha value is -2.68. The molecule has 1 fully saturated rings. The summed E-state index contributed by atoms with van der Waals surface area (Å²) in [4.78, 5) is 12.3. The minimum Gasteiger partial charge on any atom is -0.494 e. The lowest BCUT2D eigenvalue weighted by Crippen LogP contribution is -2.63. The van der Waals surface area contributed by atoms with Crippen LogP contribution in [0.1, 0.15) is 43.2 Å². The first kappa shape index (κ1) is 26.4. The van der Waals surface area contributed by atoms with Gasteiger partial charge in [-0.1, -0.05) is 30.1 Å². The SMILES string of the molecule is CCCC1(OC)CN(c2nc(-c3cc(OCCCNC)ccc3Cl)nc(-c3c(C)noc3C)c2C)C1. The van der Waals surface area contributed by atoms with E-state index in [1.165, 1.54) is 0 Å². The van der Waals surface area contributed by atoms with E-state index in [-0.39, 0.29) is 5.60 Å². The van der Waals surface area contributed by atoms with Crippen LogP contribution in [0.3, 0.4) is 0 Å². The van der Waals surface area contributed by atoms with Gasteiger partial charge in [-0.3, -0.25) is 0 Å². The van der Waals surface area contributed by atoms with E-state index < -0.39 is 0 Å². The number of hydrogen-bond donors (Lipinski definition) is 1. The molecule has 36 heavy (non-hydrogen) atoms. The minimum atomic E-state index is -0.145. The van der Waals surface area contributed by atoms with Crippen molar-refractivity contribution in [2.75, 3.05) is 45.3 Å². The summed E-state index contributed by atoms with van der Waals surface area (Å²) in [6, 6.07) is 5.63. The Bertz CT molecular complexity index is 1190. The number of nitrogens with one attached hydrogen (secondary N) is 1. The molecule has 1 aliphatic heterocycles. The molecule has 9 heteroatoms. The normalized spacial score (nSPS) is 14.7. The van der Waals surface area contributed by atoms with E-state index in [1.807, 2.05) is 39.1 Å². The Labute approximate surface area is 218 Å². The highest BCUT2D eigenvalue weighted by molar-refractivity contribution is 6.33. The molecule has 4 rings (SSSR count). The quantitative estimate of drug-likeness (QED) is 0.342. The third-order valence-electron chi connectivity index (χ3n) is 6.81. The average molecular weight is 514 g/mol. The number of nitrogens with zero attached hydrogens (tertiary/aromatic N) is 4. The first-order valence-electron chi connectivity index (χ1n) is 12.5. The summed E-state index contributed by atoms with van der Waals surface area (Å²) in [5, 5.41) is 7.87. The summed E-state index contributed by atoms with van der Waals surface area (Å²) < 4.78 is 17.3. The van der Waals surface area contributed by atoms with Crippen molar-refractivity contribution in [1.82, 2.24) is 20.4 Å². The molecule has 0 radical (unpaired) electrons. The molecule has 194 valence electrons. The van der Waals surface area contributed by atoms with Crippen molar-refractivity contribution in [2.45, 2.75) is 52.6 Å². The molecule has 0 saturated carbocycles. The summed E-state index contributed by atoms with van der Waals surface area (Å²) in [5.74, 6) is 2.87. The number of rotatable bonds is 11. The number of hydrogen-bond acceptors (Lipinski definition) is 8. The van der Waals surface area contributed by atoms with Gasteiger partial charge in [-0.15, -0.1) is 0 Å². The van der Waals surface area contributed by atoms with E-state index in [1.54, 1.807) is 7.11 Å². The Morgan fingerprint density at radius 2 is 1.97 bits per heavy atom. The highest BCUT2D eigenvalue weighted by Crippen LogP contribution is 2.40. The Kier molecular flexibility index (Phi) is 8.17. The zero-order valence-electron chi connectivity index (χ0n) is 22.1. The molecule has 1 saturated heterocycles. The van der Waals surface area contributed by atoms with Crippen molar-refractivity contribution in [3.63, 3.8) is 0 Å². The molecule has 0 aliphatic carbocycles. The molecule has 2 aromatic heterocycles. The molecule has 0 amide bonds. The molecular formula is C27H36ClN5O3. The monoisotopic (exact) mass is 513 g/mol. The van der Waals surface area contributed by atoms with Gasteiger partial charge < -0.3 is 24.2 Å². The van der Waals surface area contributed by atoms with Gasteiger partial charge in [-0.2, -0.15) is 0 Å². The van der Waals surface area contributed by atoms with Gasteiger partial charge in [0.1, 0.15) is 22.9 Å². The van der Waals surface area contributed by atoms with E-state index in [2.05, 4.69) is 29.2 Å². The number of aromatic nitrogens is 3. The zero-order valence-corrected chi connectivity index (χ0v) is 22.8. The zero-order chi connectivity index (χ0) is 25.9. The third kappa shape index (κ3) is 5.21. The fraction of sp³-hybridized carbons (Fsp3) is 0.519. The van der Waals surface area contributed by atoms with Crippen molar-refractivity contribution < 1.29 is 14.0 Å². The topological polar surface area (TPSA) is 85.5 Å². The van der Waals surface area contributed by atoms with E-state index in [4.69, 9.17) is 35.6 Å². The molecule has 0 spiro atoms. The third-order valence-corrected chi connectivity index (χ3v) is 7.13. The van der Waals surface area contributed by atoms with Gasteiger partial charge in [-0.25, -0.2) is 9.97 Å². The first-order valence-corrected chi connectivity index (χ1v) is 12.9. The molecule has 1 aromatic carbocycles. The van der Waals surface area contributed by atoms with E-state index >= 15 is 0 Å². The summed E-state index contributed by atoms with van der Waals surface area (Å²) in [6.45, 7) is 11.1. The van der Waals surface area contributed by atoms with Crippen LogP contribution < -0.4 is 15.0 Å². The Morgan fingerprint density at radius 3 is 2.61 bits per heavy atom. The van der Waals surface area contributed by atoms with E-state index in [0.29, 0.717) is 17.5 Å². The van der Waals surface area contributed by atoms with Crippen LogP contribution in [0.25, 0.3) is 22.6 Å². The highest BCUT2D eigenvalue weighted by Gasteiger charge is 2.44. The summed E-state index contributed by atoms with van der Waals surface area (Å²) in [7, 11) is 3.72. The molecular weight excluding hydrogens is 478 g/mol. The Balaban J connectivity index is 1.77. The van der Waals surface area contributed by atoms with Gasteiger partial charge in [-0.05, 0) is 65.4 Å². The summed E-state index contributed by atoms with van der Waals surface area (Å²) in [5.41, 5.74) is 4.04. The lowest BCUT2D eigenvalue weighted by molar-refractivity contribution is -0.0402. The van der Waals surface area contributed by atoms with Crippen LogP contribution >= 0.6 is 11.6 Å². The largest absolute Gasteiger partial charge is 0.494 e. The highest BCUT2D eigenvalue weighted by atomic mass is 35.5. The predicted octanol–water partition coefficient (Wildman–Crippen LogP) is 5.37. The van der Waals surface area contributed by atoms with E-state index in [9.17, 15) is 0 Å². The molecule has 0 unspecified atom stereocenters. The molecule has 1 N–H and O–H groups in total. The van der Waals surface area contributed by atoms with Crippen molar-refractivity contribution in [3.05, 3.63) is 40.2 Å². The number of halogens is 1. The lowest BCUT2D eigenvalue weighted by Gasteiger charge is -2.50. The van der Waals surface area contributed by atoms with Crippen LogP contribution in [0, 0.1) is 20.8 Å². The van der Waals surface area contributed by atoms with Crippen molar-refractivity contribution in [3.8, 4) is 28.4 Å².